The highest BCUT2D eigenvalue weighted by atomic mass is 28.4. The zero-order valence-electron chi connectivity index (χ0n) is 20.1. The van der Waals surface area contributed by atoms with E-state index in [4.69, 9.17) is 8.85 Å². The average Bonchev–Trinajstić information content (AvgIpc) is 2.48. The van der Waals surface area contributed by atoms with Gasteiger partial charge in [-0.1, -0.05) is 62.3 Å². The van der Waals surface area contributed by atoms with E-state index in [0.29, 0.717) is 23.0 Å². The number of rotatable bonds is 13. The first-order valence-electron chi connectivity index (χ1n) is 11.0. The molecule has 5 heteroatoms. The van der Waals surface area contributed by atoms with Crippen molar-refractivity contribution in [3.63, 3.8) is 0 Å². The maximum Gasteiger partial charge on any atom is 0.200 e. The normalized spacial score (nSPS) is 15.0. The van der Waals surface area contributed by atoms with Gasteiger partial charge in [-0.05, 0) is 54.0 Å². The van der Waals surface area contributed by atoms with Gasteiger partial charge in [0.2, 0.25) is 0 Å². The van der Waals surface area contributed by atoms with Crippen molar-refractivity contribution >= 4 is 22.9 Å². The molecule has 0 bridgehead atoms. The summed E-state index contributed by atoms with van der Waals surface area (Å²) >= 11 is 0. The molecular formula is C22H48O3Si2. The number of carbonyl (C=O) groups is 1. The van der Waals surface area contributed by atoms with Crippen LogP contribution < -0.4 is 0 Å². The van der Waals surface area contributed by atoms with E-state index in [2.05, 4.69) is 75.4 Å². The van der Waals surface area contributed by atoms with Crippen LogP contribution in [0.5, 0.6) is 0 Å². The highest BCUT2D eigenvalue weighted by molar-refractivity contribution is 6.77. The van der Waals surface area contributed by atoms with Gasteiger partial charge in [-0.3, -0.25) is 0 Å². The molecule has 0 aliphatic rings. The van der Waals surface area contributed by atoms with Crippen LogP contribution in [0.1, 0.15) is 88.0 Å². The molecule has 3 nitrogen and oxygen atoms in total. The molecule has 0 aromatic carbocycles. The highest BCUT2D eigenvalue weighted by Crippen LogP contribution is 2.42. The monoisotopic (exact) mass is 416 g/mol. The third kappa shape index (κ3) is 7.75. The molecular weight excluding hydrogens is 368 g/mol. The van der Waals surface area contributed by atoms with E-state index in [-0.39, 0.29) is 11.1 Å². The van der Waals surface area contributed by atoms with Crippen LogP contribution >= 0.6 is 0 Å². The SMILES string of the molecule is CC(C)[Si](OCCCC[C@H](CC=O)O[Si](C)(C)C(C)(C)C)(C(C)C)C(C)C. The molecule has 0 fully saturated rings. The lowest BCUT2D eigenvalue weighted by Crippen LogP contribution is -2.48. The van der Waals surface area contributed by atoms with E-state index in [1.54, 1.807) is 0 Å². The second kappa shape index (κ2) is 11.3. The summed E-state index contributed by atoms with van der Waals surface area (Å²) in [6.07, 6.45) is 4.65. The van der Waals surface area contributed by atoms with Gasteiger partial charge in [-0.15, -0.1) is 0 Å². The lowest BCUT2D eigenvalue weighted by Gasteiger charge is -2.42. The standard InChI is InChI=1S/C22H48O3Si2/c1-18(2)27(19(3)4,20(5)6)24-17-13-12-14-21(15-16-23)25-26(10,11)22(7,8)9/h16,18-21H,12-15,17H2,1-11H3/t21-/m1/s1. The van der Waals surface area contributed by atoms with Crippen molar-refractivity contribution in [2.75, 3.05) is 6.61 Å². The molecule has 27 heavy (non-hydrogen) atoms. The molecule has 0 aromatic rings. The summed E-state index contributed by atoms with van der Waals surface area (Å²) in [5, 5.41) is 0.175. The van der Waals surface area contributed by atoms with Gasteiger partial charge in [0.1, 0.15) is 6.29 Å². The van der Waals surface area contributed by atoms with Crippen LogP contribution in [-0.4, -0.2) is 35.6 Å². The predicted molar refractivity (Wildman–Crippen MR) is 124 cm³/mol. The Labute approximate surface area is 172 Å². The molecule has 0 saturated carbocycles. The van der Waals surface area contributed by atoms with Crippen molar-refractivity contribution in [3.8, 4) is 0 Å². The third-order valence-electron chi connectivity index (χ3n) is 6.61. The van der Waals surface area contributed by atoms with Crippen molar-refractivity contribution in [1.29, 1.82) is 0 Å². The molecule has 0 aliphatic heterocycles. The van der Waals surface area contributed by atoms with E-state index in [1.165, 1.54) is 0 Å². The van der Waals surface area contributed by atoms with Crippen molar-refractivity contribution in [2.45, 2.75) is 129 Å². The van der Waals surface area contributed by atoms with E-state index < -0.39 is 16.6 Å². The number of unbranched alkanes of at least 4 members (excludes halogenated alkanes) is 1. The Morgan fingerprint density at radius 1 is 0.889 bits per heavy atom. The minimum absolute atomic E-state index is 0.0608. The summed E-state index contributed by atoms with van der Waals surface area (Å²) in [7, 11) is -3.60. The van der Waals surface area contributed by atoms with E-state index in [0.717, 1.165) is 32.2 Å². The van der Waals surface area contributed by atoms with Crippen LogP contribution in [-0.2, 0) is 13.6 Å². The molecule has 0 spiro atoms. The summed E-state index contributed by atoms with van der Waals surface area (Å²) in [6, 6.07) is 0. The minimum atomic E-state index is -1.83. The van der Waals surface area contributed by atoms with Crippen LogP contribution in [0.4, 0.5) is 0 Å². The van der Waals surface area contributed by atoms with Gasteiger partial charge in [-0.2, -0.15) is 0 Å². The molecule has 0 rings (SSSR count). The van der Waals surface area contributed by atoms with Crippen molar-refractivity contribution in [2.24, 2.45) is 0 Å². The van der Waals surface area contributed by atoms with Crippen LogP contribution in [0, 0.1) is 0 Å². The Balaban J connectivity index is 4.68. The van der Waals surface area contributed by atoms with Gasteiger partial charge in [0.15, 0.2) is 16.6 Å². The molecule has 0 radical (unpaired) electrons. The Hall–Kier alpha value is 0.0238. The van der Waals surface area contributed by atoms with E-state index in [1.807, 2.05) is 0 Å². The smallest absolute Gasteiger partial charge is 0.200 e. The van der Waals surface area contributed by atoms with Gasteiger partial charge >= 0.3 is 0 Å². The molecule has 0 amide bonds. The quantitative estimate of drug-likeness (QED) is 0.179. The number of hydrogen-bond donors (Lipinski definition) is 0. The maximum absolute atomic E-state index is 11.1. The summed E-state index contributed by atoms with van der Waals surface area (Å²) < 4.78 is 13.1. The topological polar surface area (TPSA) is 35.5 Å². The molecule has 0 aromatic heterocycles. The van der Waals surface area contributed by atoms with Crippen molar-refractivity contribution in [3.05, 3.63) is 0 Å². The Morgan fingerprint density at radius 2 is 1.37 bits per heavy atom. The largest absolute Gasteiger partial charge is 0.416 e. The highest BCUT2D eigenvalue weighted by Gasteiger charge is 2.44. The maximum atomic E-state index is 11.1. The molecule has 0 saturated heterocycles. The fourth-order valence-corrected chi connectivity index (χ4v) is 11.0. The fourth-order valence-electron chi connectivity index (χ4n) is 4.15. The predicted octanol–water partition coefficient (Wildman–Crippen LogP) is 7.33. The molecule has 0 aliphatic carbocycles. The van der Waals surface area contributed by atoms with Crippen LogP contribution in [0.15, 0.2) is 0 Å². The van der Waals surface area contributed by atoms with Gasteiger partial charge in [0, 0.05) is 13.0 Å². The first-order chi connectivity index (χ1) is 12.2. The molecule has 0 N–H and O–H groups in total. The lowest BCUT2D eigenvalue weighted by molar-refractivity contribution is -0.109. The first kappa shape index (κ1) is 27.0. The zero-order valence-corrected chi connectivity index (χ0v) is 22.1. The van der Waals surface area contributed by atoms with Gasteiger partial charge < -0.3 is 13.6 Å². The Kier molecular flexibility index (Phi) is 11.3. The summed E-state index contributed by atoms with van der Waals surface area (Å²) in [5.41, 5.74) is 1.88. The Morgan fingerprint density at radius 3 is 1.74 bits per heavy atom. The molecule has 0 heterocycles. The molecule has 1 atom stereocenters. The first-order valence-corrected chi connectivity index (χ1v) is 16.0. The lowest BCUT2D eigenvalue weighted by atomic mass is 10.1. The number of carbonyl (C=O) groups excluding carboxylic acids is 1. The van der Waals surface area contributed by atoms with Gasteiger partial charge in [0.25, 0.3) is 0 Å². The van der Waals surface area contributed by atoms with E-state index in [9.17, 15) is 4.79 Å². The number of aldehydes is 1. The number of hydrogen-bond acceptors (Lipinski definition) is 3. The second-order valence-corrected chi connectivity index (χ2v) is 20.8. The molecule has 162 valence electrons. The van der Waals surface area contributed by atoms with Crippen molar-refractivity contribution < 1.29 is 13.6 Å². The zero-order chi connectivity index (χ0) is 21.5. The Bertz CT molecular complexity index is 404. The van der Waals surface area contributed by atoms with Crippen molar-refractivity contribution in [1.82, 2.24) is 0 Å². The van der Waals surface area contributed by atoms with E-state index >= 15 is 0 Å². The summed E-state index contributed by atoms with van der Waals surface area (Å²) in [5.74, 6) is 0. The fraction of sp³-hybridized carbons (Fsp3) is 0.955. The summed E-state index contributed by atoms with van der Waals surface area (Å²) in [4.78, 5) is 11.1. The minimum Gasteiger partial charge on any atom is -0.416 e. The average molecular weight is 417 g/mol. The van der Waals surface area contributed by atoms with Crippen LogP contribution in [0.25, 0.3) is 0 Å². The summed E-state index contributed by atoms with van der Waals surface area (Å²) in [6.45, 7) is 26.1. The second-order valence-electron chi connectivity index (χ2n) is 10.6. The molecule has 0 unspecified atom stereocenters. The van der Waals surface area contributed by atoms with Crippen LogP contribution in [0.3, 0.4) is 0 Å². The third-order valence-corrected chi connectivity index (χ3v) is 17.3. The van der Waals surface area contributed by atoms with Gasteiger partial charge in [0.05, 0.1) is 6.10 Å². The van der Waals surface area contributed by atoms with Gasteiger partial charge in [-0.25, -0.2) is 0 Å². The van der Waals surface area contributed by atoms with Crippen LogP contribution in [0.2, 0.25) is 34.8 Å².